The van der Waals surface area contributed by atoms with E-state index >= 15 is 0 Å². The van der Waals surface area contributed by atoms with Gasteiger partial charge in [-0.05, 0) is 41.8 Å². The second-order valence-electron chi connectivity index (χ2n) is 6.59. The quantitative estimate of drug-likeness (QED) is 0.402. The van der Waals surface area contributed by atoms with Crippen LogP contribution in [0.25, 0.3) is 22.9 Å². The molecular weight excluding hydrogens is 412 g/mol. The van der Waals surface area contributed by atoms with E-state index in [0.717, 1.165) is 17.7 Å². The van der Waals surface area contributed by atoms with Crippen LogP contribution in [0.3, 0.4) is 0 Å². The summed E-state index contributed by atoms with van der Waals surface area (Å²) in [5.41, 5.74) is 4.17. The number of rotatable bonds is 6. The molecule has 6 nitrogen and oxygen atoms in total. The lowest BCUT2D eigenvalue weighted by atomic mass is 10.0. The maximum absolute atomic E-state index is 12.0. The first-order valence-corrected chi connectivity index (χ1v) is 10.4. The van der Waals surface area contributed by atoms with Crippen LogP contribution in [-0.4, -0.2) is 31.1 Å². The Morgan fingerprint density at radius 3 is 2.19 bits per heavy atom. The van der Waals surface area contributed by atoms with Crippen LogP contribution in [0.2, 0.25) is 0 Å². The Bertz CT molecular complexity index is 1150. The van der Waals surface area contributed by atoms with Crippen molar-refractivity contribution in [3.63, 3.8) is 0 Å². The molecule has 0 amide bonds. The molecule has 0 unspecified atom stereocenters. The summed E-state index contributed by atoms with van der Waals surface area (Å²) in [4.78, 5) is 28.6. The van der Waals surface area contributed by atoms with Crippen molar-refractivity contribution < 1.29 is 19.1 Å². The number of carbonyl (C=O) groups excluding carboxylic acids is 2. The van der Waals surface area contributed by atoms with Gasteiger partial charge in [0.05, 0.1) is 36.6 Å². The number of hydrogen-bond acceptors (Lipinski definition) is 7. The lowest BCUT2D eigenvalue weighted by Crippen LogP contribution is -2.07. The van der Waals surface area contributed by atoms with E-state index in [1.165, 1.54) is 37.2 Å². The predicted molar refractivity (Wildman–Crippen MR) is 120 cm³/mol. The largest absolute Gasteiger partial charge is 0.465 e. The molecule has 0 spiro atoms. The van der Waals surface area contributed by atoms with Gasteiger partial charge in [-0.3, -0.25) is 0 Å². The zero-order valence-corrected chi connectivity index (χ0v) is 18.2. The minimum atomic E-state index is -0.592. The zero-order valence-electron chi connectivity index (χ0n) is 17.3. The van der Waals surface area contributed by atoms with Gasteiger partial charge in [0, 0.05) is 10.9 Å². The molecule has 3 rings (SSSR count). The number of aryl methyl sites for hydroxylation is 1. The average molecular weight is 433 g/mol. The average Bonchev–Trinajstić information content (AvgIpc) is 3.31. The third-order valence-corrected chi connectivity index (χ3v) is 5.50. The van der Waals surface area contributed by atoms with E-state index in [0.29, 0.717) is 16.1 Å². The number of ether oxygens (including phenoxy) is 2. The van der Waals surface area contributed by atoms with Gasteiger partial charge in [0.15, 0.2) is 0 Å². The Balaban J connectivity index is 2.00. The van der Waals surface area contributed by atoms with Crippen molar-refractivity contribution in [2.75, 3.05) is 14.2 Å². The standard InChI is InChI=1S/C24H20N2O4S/c1-4-15-5-7-17(8-6-15)21-14-31-22(26-21)20(13-25)11-16-9-18(23(27)29-2)12-19(10-16)24(28)30-3/h5-12,14H,4H2,1-3H3. The molecule has 0 fully saturated rings. The molecule has 0 N–H and O–H groups in total. The van der Waals surface area contributed by atoms with Gasteiger partial charge in [0.25, 0.3) is 0 Å². The molecule has 0 saturated carbocycles. The van der Waals surface area contributed by atoms with Gasteiger partial charge in [-0.15, -0.1) is 11.3 Å². The first-order valence-electron chi connectivity index (χ1n) is 9.47. The maximum atomic E-state index is 12.0. The van der Waals surface area contributed by atoms with Gasteiger partial charge < -0.3 is 9.47 Å². The molecule has 0 radical (unpaired) electrons. The molecule has 0 saturated heterocycles. The maximum Gasteiger partial charge on any atom is 0.337 e. The zero-order chi connectivity index (χ0) is 22.4. The number of thiazole rings is 1. The van der Waals surface area contributed by atoms with E-state index in [9.17, 15) is 14.9 Å². The number of aromatic nitrogens is 1. The number of carbonyl (C=O) groups is 2. The smallest absolute Gasteiger partial charge is 0.337 e. The number of esters is 2. The van der Waals surface area contributed by atoms with Crippen molar-refractivity contribution in [1.82, 2.24) is 4.98 Å². The van der Waals surface area contributed by atoms with Gasteiger partial charge in [0.2, 0.25) is 0 Å². The fourth-order valence-corrected chi connectivity index (χ4v) is 3.75. The third kappa shape index (κ3) is 5.05. The predicted octanol–water partition coefficient (Wildman–Crippen LogP) is 5.01. The van der Waals surface area contributed by atoms with Gasteiger partial charge in [-0.25, -0.2) is 14.6 Å². The highest BCUT2D eigenvalue weighted by atomic mass is 32.1. The van der Waals surface area contributed by atoms with Crippen LogP contribution in [0.4, 0.5) is 0 Å². The number of nitriles is 1. The van der Waals surface area contributed by atoms with Crippen LogP contribution in [0, 0.1) is 11.3 Å². The summed E-state index contributed by atoms with van der Waals surface area (Å²) < 4.78 is 9.51. The number of hydrogen-bond donors (Lipinski definition) is 0. The van der Waals surface area contributed by atoms with Crippen LogP contribution in [0.15, 0.2) is 47.8 Å². The second-order valence-corrected chi connectivity index (χ2v) is 7.44. The molecule has 0 aliphatic rings. The Morgan fingerprint density at radius 1 is 1.06 bits per heavy atom. The minimum Gasteiger partial charge on any atom is -0.465 e. The van der Waals surface area contributed by atoms with Crippen LogP contribution in [0.1, 0.15) is 43.8 Å². The van der Waals surface area contributed by atoms with Crippen LogP contribution in [-0.2, 0) is 15.9 Å². The topological polar surface area (TPSA) is 89.3 Å². The highest BCUT2D eigenvalue weighted by Gasteiger charge is 2.15. The molecule has 0 atom stereocenters. The van der Waals surface area contributed by atoms with Crippen molar-refractivity contribution in [3.05, 3.63) is 75.1 Å². The number of nitrogens with zero attached hydrogens (tertiary/aromatic N) is 2. The fourth-order valence-electron chi connectivity index (χ4n) is 2.96. The van der Waals surface area contributed by atoms with Gasteiger partial charge in [-0.1, -0.05) is 31.2 Å². The van der Waals surface area contributed by atoms with E-state index < -0.39 is 11.9 Å². The Morgan fingerprint density at radius 2 is 1.68 bits per heavy atom. The van der Waals surface area contributed by atoms with Gasteiger partial charge in [0.1, 0.15) is 11.1 Å². The fraction of sp³-hybridized carbons (Fsp3) is 0.167. The molecule has 0 aliphatic heterocycles. The van der Waals surface area contributed by atoms with E-state index in [1.807, 2.05) is 17.5 Å². The molecule has 2 aromatic carbocycles. The Labute approximate surface area is 184 Å². The molecule has 3 aromatic rings. The molecule has 1 heterocycles. The number of allylic oxidation sites excluding steroid dienone is 1. The van der Waals surface area contributed by atoms with Crippen molar-refractivity contribution in [2.24, 2.45) is 0 Å². The van der Waals surface area contributed by atoms with E-state index in [-0.39, 0.29) is 11.1 Å². The SMILES string of the molecule is CCc1ccc(-c2csc(C(C#N)=Cc3cc(C(=O)OC)cc(C(=O)OC)c3)n2)cc1. The lowest BCUT2D eigenvalue weighted by molar-refractivity contribution is 0.0599. The normalized spacial score (nSPS) is 11.0. The number of benzene rings is 2. The first kappa shape index (κ1) is 21.9. The summed E-state index contributed by atoms with van der Waals surface area (Å²) in [6.07, 6.45) is 2.55. The molecular formula is C24H20N2O4S. The summed E-state index contributed by atoms with van der Waals surface area (Å²) in [6, 6.07) is 14.8. The highest BCUT2D eigenvalue weighted by Crippen LogP contribution is 2.28. The van der Waals surface area contributed by atoms with Gasteiger partial charge in [-0.2, -0.15) is 5.26 Å². The van der Waals surface area contributed by atoms with E-state index in [1.54, 1.807) is 18.2 Å². The molecule has 31 heavy (non-hydrogen) atoms. The van der Waals surface area contributed by atoms with Crippen molar-refractivity contribution in [1.29, 1.82) is 5.26 Å². The monoisotopic (exact) mass is 432 g/mol. The second kappa shape index (κ2) is 9.83. The van der Waals surface area contributed by atoms with Crippen LogP contribution < -0.4 is 0 Å². The number of methoxy groups -OCH3 is 2. The molecule has 7 heteroatoms. The first-order chi connectivity index (χ1) is 15.0. The molecule has 0 bridgehead atoms. The van der Waals surface area contributed by atoms with Crippen molar-refractivity contribution in [2.45, 2.75) is 13.3 Å². The van der Waals surface area contributed by atoms with Crippen LogP contribution >= 0.6 is 11.3 Å². The minimum absolute atomic E-state index is 0.185. The third-order valence-electron chi connectivity index (χ3n) is 4.62. The summed E-state index contributed by atoms with van der Waals surface area (Å²) >= 11 is 1.35. The highest BCUT2D eigenvalue weighted by molar-refractivity contribution is 7.11. The van der Waals surface area contributed by atoms with Crippen LogP contribution in [0.5, 0.6) is 0 Å². The van der Waals surface area contributed by atoms with Crippen molar-refractivity contribution in [3.8, 4) is 17.3 Å². The molecule has 1 aromatic heterocycles. The van der Waals surface area contributed by atoms with E-state index in [2.05, 4.69) is 30.1 Å². The summed E-state index contributed by atoms with van der Waals surface area (Å²) in [5, 5.41) is 12.1. The molecule has 156 valence electrons. The van der Waals surface area contributed by atoms with Crippen molar-refractivity contribution >= 4 is 34.9 Å². The Hall–Kier alpha value is -3.76. The van der Waals surface area contributed by atoms with Gasteiger partial charge >= 0.3 is 11.9 Å². The van der Waals surface area contributed by atoms with E-state index in [4.69, 9.17) is 9.47 Å². The Kier molecular flexibility index (Phi) is 6.96. The molecule has 0 aliphatic carbocycles. The lowest BCUT2D eigenvalue weighted by Gasteiger charge is -2.06. The summed E-state index contributed by atoms with van der Waals surface area (Å²) in [7, 11) is 2.51. The summed E-state index contributed by atoms with van der Waals surface area (Å²) in [5.74, 6) is -1.18. The summed E-state index contributed by atoms with van der Waals surface area (Å²) in [6.45, 7) is 2.10.